The Morgan fingerprint density at radius 1 is 1.13 bits per heavy atom. The lowest BCUT2D eigenvalue weighted by Gasteiger charge is -2.30. The zero-order valence-corrected chi connectivity index (χ0v) is 8.26. The van der Waals surface area contributed by atoms with E-state index in [9.17, 15) is 8.78 Å². The fourth-order valence-corrected chi connectivity index (χ4v) is 1.78. The molecule has 0 aliphatic carbocycles. The smallest absolute Gasteiger partial charge is 0.151 e. The summed E-state index contributed by atoms with van der Waals surface area (Å²) in [6.07, 6.45) is 0. The maximum absolute atomic E-state index is 13.5. The summed E-state index contributed by atoms with van der Waals surface area (Å²) >= 11 is 0. The average molecular weight is 213 g/mol. The molecule has 1 aromatic carbocycles. The van der Waals surface area contributed by atoms with Crippen LogP contribution in [0.2, 0.25) is 0 Å². The maximum atomic E-state index is 13.5. The Morgan fingerprint density at radius 3 is 2.20 bits per heavy atom. The molecule has 1 aliphatic rings. The quantitative estimate of drug-likeness (QED) is 0.683. The van der Waals surface area contributed by atoms with Crippen molar-refractivity contribution in [3.8, 4) is 0 Å². The number of benzene rings is 1. The van der Waals surface area contributed by atoms with Crippen molar-refractivity contribution >= 4 is 11.4 Å². The molecule has 0 atom stereocenters. The highest BCUT2D eigenvalue weighted by atomic mass is 19.1. The van der Waals surface area contributed by atoms with Crippen LogP contribution >= 0.6 is 0 Å². The Balaban J connectivity index is 2.33. The van der Waals surface area contributed by atoms with Crippen molar-refractivity contribution in [2.75, 3.05) is 36.8 Å². The predicted octanol–water partition coefficient (Wildman–Crippen LogP) is 0.957. The van der Waals surface area contributed by atoms with Crippen LogP contribution in [0.1, 0.15) is 0 Å². The Hall–Kier alpha value is -1.36. The van der Waals surface area contributed by atoms with Gasteiger partial charge in [-0.25, -0.2) is 8.78 Å². The molecule has 0 amide bonds. The molecule has 1 aromatic rings. The highest BCUT2D eigenvalue weighted by Gasteiger charge is 2.19. The minimum absolute atomic E-state index is 0.0331. The number of nitrogens with one attached hydrogen (secondary N) is 1. The first-order valence-electron chi connectivity index (χ1n) is 4.88. The summed E-state index contributed by atoms with van der Waals surface area (Å²) in [6, 6.07) is 2.31. The van der Waals surface area contributed by atoms with Crippen molar-refractivity contribution in [1.82, 2.24) is 5.32 Å². The Kier molecular flexibility index (Phi) is 2.73. The monoisotopic (exact) mass is 213 g/mol. The molecule has 1 fully saturated rings. The number of halogens is 2. The zero-order chi connectivity index (χ0) is 10.8. The van der Waals surface area contributed by atoms with Crippen molar-refractivity contribution in [3.63, 3.8) is 0 Å². The van der Waals surface area contributed by atoms with Gasteiger partial charge in [0.2, 0.25) is 0 Å². The van der Waals surface area contributed by atoms with Gasteiger partial charge in [-0.2, -0.15) is 0 Å². The largest absolute Gasteiger partial charge is 0.399 e. The number of anilines is 2. The number of rotatable bonds is 1. The standard InChI is InChI=1S/C10H13F2N3/c11-8-5-7(13)6-9(12)10(8)15-3-1-14-2-4-15/h5-6,14H,1-4,13H2. The Labute approximate surface area is 86.9 Å². The Morgan fingerprint density at radius 2 is 1.67 bits per heavy atom. The van der Waals surface area contributed by atoms with Crippen LogP contribution < -0.4 is 16.0 Å². The van der Waals surface area contributed by atoms with Crippen LogP contribution in [-0.4, -0.2) is 26.2 Å². The number of nitrogens with two attached hydrogens (primary N) is 1. The van der Waals surface area contributed by atoms with Crippen LogP contribution in [0, 0.1) is 11.6 Å². The van der Waals surface area contributed by atoms with Crippen molar-refractivity contribution in [3.05, 3.63) is 23.8 Å². The molecule has 1 aliphatic heterocycles. The summed E-state index contributed by atoms with van der Waals surface area (Å²) in [4.78, 5) is 1.70. The zero-order valence-electron chi connectivity index (χ0n) is 8.26. The topological polar surface area (TPSA) is 41.3 Å². The van der Waals surface area contributed by atoms with E-state index < -0.39 is 11.6 Å². The molecule has 2 rings (SSSR count). The SMILES string of the molecule is Nc1cc(F)c(N2CCNCC2)c(F)c1. The summed E-state index contributed by atoms with van der Waals surface area (Å²) < 4.78 is 27.0. The van der Waals surface area contributed by atoms with Crippen molar-refractivity contribution in [2.45, 2.75) is 0 Å². The van der Waals surface area contributed by atoms with E-state index in [0.717, 1.165) is 25.2 Å². The summed E-state index contributed by atoms with van der Waals surface area (Å²) in [6.45, 7) is 2.70. The Bertz CT molecular complexity index is 339. The molecule has 3 N–H and O–H groups in total. The normalized spacial score (nSPS) is 16.8. The van der Waals surface area contributed by atoms with E-state index in [1.165, 1.54) is 0 Å². The summed E-state index contributed by atoms with van der Waals surface area (Å²) in [5.41, 5.74) is 5.49. The van der Waals surface area contributed by atoms with E-state index in [0.29, 0.717) is 13.1 Å². The van der Waals surface area contributed by atoms with Gasteiger partial charge in [0, 0.05) is 31.9 Å². The molecule has 0 radical (unpaired) electrons. The van der Waals surface area contributed by atoms with E-state index in [1.807, 2.05) is 0 Å². The van der Waals surface area contributed by atoms with Gasteiger partial charge < -0.3 is 16.0 Å². The number of piperazine rings is 1. The van der Waals surface area contributed by atoms with E-state index >= 15 is 0 Å². The molecule has 1 saturated heterocycles. The van der Waals surface area contributed by atoms with Gasteiger partial charge in [0.15, 0.2) is 11.6 Å². The first-order valence-corrected chi connectivity index (χ1v) is 4.88. The first kappa shape index (κ1) is 10.2. The molecule has 3 nitrogen and oxygen atoms in total. The number of nitrogens with zero attached hydrogens (tertiary/aromatic N) is 1. The summed E-state index contributed by atoms with van der Waals surface area (Å²) in [7, 11) is 0. The van der Waals surface area contributed by atoms with Gasteiger partial charge in [0.1, 0.15) is 5.69 Å². The van der Waals surface area contributed by atoms with Gasteiger partial charge >= 0.3 is 0 Å². The fraction of sp³-hybridized carbons (Fsp3) is 0.400. The third-order valence-electron chi connectivity index (χ3n) is 2.47. The third kappa shape index (κ3) is 2.02. The highest BCUT2D eigenvalue weighted by Crippen LogP contribution is 2.25. The van der Waals surface area contributed by atoms with Crippen LogP contribution in [0.5, 0.6) is 0 Å². The lowest BCUT2D eigenvalue weighted by atomic mass is 10.2. The number of hydrogen-bond donors (Lipinski definition) is 2. The second-order valence-corrected chi connectivity index (χ2v) is 3.57. The predicted molar refractivity (Wildman–Crippen MR) is 55.9 cm³/mol. The molecule has 82 valence electrons. The van der Waals surface area contributed by atoms with Crippen LogP contribution in [0.3, 0.4) is 0 Å². The van der Waals surface area contributed by atoms with Crippen molar-refractivity contribution in [1.29, 1.82) is 0 Å². The average Bonchev–Trinajstić information content (AvgIpc) is 2.17. The molecule has 0 spiro atoms. The van der Waals surface area contributed by atoms with Gasteiger partial charge in [-0.1, -0.05) is 0 Å². The molecule has 0 bridgehead atoms. The van der Waals surface area contributed by atoms with E-state index in [1.54, 1.807) is 4.90 Å². The fourth-order valence-electron chi connectivity index (χ4n) is 1.78. The van der Waals surface area contributed by atoms with Gasteiger partial charge in [0.05, 0.1) is 0 Å². The number of nitrogen functional groups attached to an aromatic ring is 1. The molecule has 1 heterocycles. The van der Waals surface area contributed by atoms with Crippen LogP contribution in [0.15, 0.2) is 12.1 Å². The van der Waals surface area contributed by atoms with Gasteiger partial charge in [-0.3, -0.25) is 0 Å². The highest BCUT2D eigenvalue weighted by molar-refractivity contribution is 5.56. The van der Waals surface area contributed by atoms with E-state index in [2.05, 4.69) is 5.32 Å². The van der Waals surface area contributed by atoms with Crippen molar-refractivity contribution < 1.29 is 8.78 Å². The molecular weight excluding hydrogens is 200 g/mol. The van der Waals surface area contributed by atoms with Crippen molar-refractivity contribution in [2.24, 2.45) is 0 Å². The summed E-state index contributed by atoms with van der Waals surface area (Å²) in [5.74, 6) is -1.18. The lowest BCUT2D eigenvalue weighted by Crippen LogP contribution is -2.44. The molecule has 0 saturated carbocycles. The van der Waals surface area contributed by atoms with Crippen LogP contribution in [0.25, 0.3) is 0 Å². The van der Waals surface area contributed by atoms with E-state index in [4.69, 9.17) is 5.73 Å². The maximum Gasteiger partial charge on any atom is 0.151 e. The van der Waals surface area contributed by atoms with Crippen LogP contribution in [-0.2, 0) is 0 Å². The second-order valence-electron chi connectivity index (χ2n) is 3.57. The summed E-state index contributed by atoms with van der Waals surface area (Å²) in [5, 5.41) is 3.12. The minimum Gasteiger partial charge on any atom is -0.399 e. The lowest BCUT2D eigenvalue weighted by molar-refractivity contribution is 0.538. The second kappa shape index (κ2) is 4.02. The molecule has 0 unspecified atom stereocenters. The first-order chi connectivity index (χ1) is 7.18. The van der Waals surface area contributed by atoms with Crippen LogP contribution in [0.4, 0.5) is 20.2 Å². The third-order valence-corrected chi connectivity index (χ3v) is 2.47. The minimum atomic E-state index is -0.589. The molecule has 0 aromatic heterocycles. The number of hydrogen-bond acceptors (Lipinski definition) is 3. The molecule has 5 heteroatoms. The van der Waals surface area contributed by atoms with Gasteiger partial charge in [-0.15, -0.1) is 0 Å². The van der Waals surface area contributed by atoms with Gasteiger partial charge in [-0.05, 0) is 12.1 Å². The molecule has 15 heavy (non-hydrogen) atoms. The van der Waals surface area contributed by atoms with E-state index in [-0.39, 0.29) is 11.4 Å². The van der Waals surface area contributed by atoms with Gasteiger partial charge in [0.25, 0.3) is 0 Å². The molecular formula is C10H13F2N3.